The van der Waals surface area contributed by atoms with E-state index in [4.69, 9.17) is 16.3 Å². The molecule has 0 aliphatic heterocycles. The fraction of sp³-hybridized carbons (Fsp3) is 0.143. The summed E-state index contributed by atoms with van der Waals surface area (Å²) < 4.78 is 19.9. The van der Waals surface area contributed by atoms with Gasteiger partial charge in [0.15, 0.2) is 0 Å². The van der Waals surface area contributed by atoms with Gasteiger partial charge in [0.2, 0.25) is 0 Å². The van der Waals surface area contributed by atoms with Gasteiger partial charge in [-0.2, -0.15) is 0 Å². The summed E-state index contributed by atoms with van der Waals surface area (Å²) in [6.45, 7) is 0. The summed E-state index contributed by atoms with van der Waals surface area (Å²) in [5, 5.41) is 0.584. The summed E-state index contributed by atoms with van der Waals surface area (Å²) in [6.07, 6.45) is 0. The van der Waals surface area contributed by atoms with Gasteiger partial charge in [0.25, 0.3) is 0 Å². The largest absolute Gasteiger partial charge is 0.497 e. The predicted molar refractivity (Wildman–Crippen MR) is 82.9 cm³/mol. The Hall–Kier alpha value is -0.580. The number of hydrogen-bond donors (Lipinski definition) is 0. The first-order chi connectivity index (χ1) is 9.02. The molecule has 0 saturated carbocycles. The van der Waals surface area contributed by atoms with E-state index in [0.717, 1.165) is 10.0 Å². The van der Waals surface area contributed by atoms with Crippen molar-refractivity contribution in [2.24, 2.45) is 0 Å². The van der Waals surface area contributed by atoms with Gasteiger partial charge in [0.05, 0.1) is 11.9 Å². The molecule has 100 valence electrons. The van der Waals surface area contributed by atoms with Gasteiger partial charge in [-0.25, -0.2) is 4.39 Å². The summed E-state index contributed by atoms with van der Waals surface area (Å²) in [4.78, 5) is -0.316. The van der Waals surface area contributed by atoms with Gasteiger partial charge in [-0.15, -0.1) is 0 Å². The van der Waals surface area contributed by atoms with E-state index < -0.39 is 0 Å². The summed E-state index contributed by atoms with van der Waals surface area (Å²) in [7, 11) is 1.51. The second-order valence-electron chi connectivity index (χ2n) is 3.92. The molecule has 0 bridgehead atoms. The van der Waals surface area contributed by atoms with E-state index >= 15 is 0 Å². The first kappa shape index (κ1) is 14.8. The average molecular weight is 408 g/mol. The molecule has 0 aromatic heterocycles. The fourth-order valence-electron chi connectivity index (χ4n) is 1.72. The normalized spacial score (nSPS) is 12.3. The van der Waals surface area contributed by atoms with Crippen LogP contribution in [-0.4, -0.2) is 7.11 Å². The maximum Gasteiger partial charge on any atom is 0.131 e. The molecule has 0 aliphatic rings. The maximum absolute atomic E-state index is 14.0. The number of benzene rings is 2. The smallest absolute Gasteiger partial charge is 0.131 e. The fourth-order valence-corrected chi connectivity index (χ4v) is 3.20. The van der Waals surface area contributed by atoms with Crippen LogP contribution in [0.4, 0.5) is 4.39 Å². The van der Waals surface area contributed by atoms with Crippen LogP contribution in [0.3, 0.4) is 0 Å². The standard InChI is InChI=1S/C14H10Br2ClFO/c1-19-9-3-4-10(13(18)7-9)14(16)11-6-8(15)2-5-12(11)17/h2-7,14H,1H3. The van der Waals surface area contributed by atoms with Crippen molar-refractivity contribution < 1.29 is 9.13 Å². The van der Waals surface area contributed by atoms with Gasteiger partial charge in [-0.3, -0.25) is 0 Å². The molecule has 0 N–H and O–H groups in total. The summed E-state index contributed by atoms with van der Waals surface area (Å²) >= 11 is 13.0. The molecule has 19 heavy (non-hydrogen) atoms. The van der Waals surface area contributed by atoms with Crippen LogP contribution in [0.25, 0.3) is 0 Å². The van der Waals surface area contributed by atoms with Crippen LogP contribution in [0.2, 0.25) is 5.02 Å². The molecule has 1 unspecified atom stereocenters. The maximum atomic E-state index is 14.0. The molecule has 0 aliphatic carbocycles. The topological polar surface area (TPSA) is 9.23 Å². The first-order valence-corrected chi connectivity index (χ1v) is 7.54. The van der Waals surface area contributed by atoms with Gasteiger partial charge in [-0.1, -0.05) is 49.5 Å². The Bertz CT molecular complexity index is 604. The molecule has 2 aromatic rings. The molecule has 0 amide bonds. The number of rotatable bonds is 3. The zero-order chi connectivity index (χ0) is 14.0. The van der Waals surface area contributed by atoms with Gasteiger partial charge in [0, 0.05) is 21.1 Å². The van der Waals surface area contributed by atoms with Crippen LogP contribution in [0.15, 0.2) is 40.9 Å². The molecule has 0 radical (unpaired) electrons. The Morgan fingerprint density at radius 1 is 1.16 bits per heavy atom. The van der Waals surface area contributed by atoms with Crippen LogP contribution >= 0.6 is 43.5 Å². The second-order valence-corrected chi connectivity index (χ2v) is 6.15. The van der Waals surface area contributed by atoms with Crippen molar-refractivity contribution in [3.63, 3.8) is 0 Å². The lowest BCUT2D eigenvalue weighted by atomic mass is 10.0. The van der Waals surface area contributed by atoms with Crippen molar-refractivity contribution in [2.45, 2.75) is 4.83 Å². The summed E-state index contributed by atoms with van der Waals surface area (Å²) in [6, 6.07) is 10.2. The summed E-state index contributed by atoms with van der Waals surface area (Å²) in [5.74, 6) is 0.151. The number of methoxy groups -OCH3 is 1. The molecular weight excluding hydrogens is 398 g/mol. The lowest BCUT2D eigenvalue weighted by molar-refractivity contribution is 0.411. The van der Waals surface area contributed by atoms with E-state index in [9.17, 15) is 4.39 Å². The van der Waals surface area contributed by atoms with E-state index in [0.29, 0.717) is 16.3 Å². The first-order valence-electron chi connectivity index (χ1n) is 5.45. The molecule has 1 atom stereocenters. The van der Waals surface area contributed by atoms with E-state index in [1.165, 1.54) is 13.2 Å². The molecule has 5 heteroatoms. The van der Waals surface area contributed by atoms with Gasteiger partial charge < -0.3 is 4.74 Å². The van der Waals surface area contributed by atoms with Crippen molar-refractivity contribution >= 4 is 43.5 Å². The van der Waals surface area contributed by atoms with Crippen LogP contribution in [0.1, 0.15) is 16.0 Å². The SMILES string of the molecule is COc1ccc(C(Br)c2cc(Br)ccc2Cl)c(F)c1. The monoisotopic (exact) mass is 406 g/mol. The van der Waals surface area contributed by atoms with E-state index in [1.54, 1.807) is 18.2 Å². The minimum atomic E-state index is -0.336. The van der Waals surface area contributed by atoms with E-state index in [-0.39, 0.29) is 10.6 Å². The Morgan fingerprint density at radius 3 is 2.53 bits per heavy atom. The average Bonchev–Trinajstić information content (AvgIpc) is 2.40. The lowest BCUT2D eigenvalue weighted by Gasteiger charge is -2.14. The minimum Gasteiger partial charge on any atom is -0.497 e. The van der Waals surface area contributed by atoms with Crippen molar-refractivity contribution in [3.05, 3.63) is 62.8 Å². The number of hydrogen-bond acceptors (Lipinski definition) is 1. The highest BCUT2D eigenvalue weighted by atomic mass is 79.9. The molecule has 0 saturated heterocycles. The van der Waals surface area contributed by atoms with Crippen molar-refractivity contribution in [1.29, 1.82) is 0 Å². The predicted octanol–water partition coefficient (Wildman–Crippen LogP) is 5.73. The Morgan fingerprint density at radius 2 is 1.89 bits per heavy atom. The third-order valence-electron chi connectivity index (χ3n) is 2.71. The van der Waals surface area contributed by atoms with Crippen LogP contribution in [0.5, 0.6) is 5.75 Å². The third kappa shape index (κ3) is 3.30. The second kappa shape index (κ2) is 6.25. The highest BCUT2D eigenvalue weighted by Gasteiger charge is 2.18. The highest BCUT2D eigenvalue weighted by Crippen LogP contribution is 2.38. The zero-order valence-electron chi connectivity index (χ0n) is 9.96. The molecule has 2 rings (SSSR count). The number of halogens is 4. The molecule has 0 heterocycles. The van der Waals surface area contributed by atoms with Crippen LogP contribution in [-0.2, 0) is 0 Å². The Kier molecular flexibility index (Phi) is 4.87. The van der Waals surface area contributed by atoms with Gasteiger partial charge >= 0.3 is 0 Å². The molecule has 0 spiro atoms. The summed E-state index contributed by atoms with van der Waals surface area (Å²) in [5.41, 5.74) is 1.32. The van der Waals surface area contributed by atoms with Gasteiger partial charge in [0.1, 0.15) is 11.6 Å². The minimum absolute atomic E-state index is 0.316. The Labute approximate surface area is 133 Å². The van der Waals surface area contributed by atoms with Crippen molar-refractivity contribution in [3.8, 4) is 5.75 Å². The Balaban J connectivity index is 2.43. The van der Waals surface area contributed by atoms with E-state index in [1.807, 2.05) is 12.1 Å². The quantitative estimate of drug-likeness (QED) is 0.589. The van der Waals surface area contributed by atoms with Crippen LogP contribution in [0, 0.1) is 5.82 Å². The third-order valence-corrected chi connectivity index (χ3v) is 4.54. The highest BCUT2D eigenvalue weighted by molar-refractivity contribution is 9.10. The van der Waals surface area contributed by atoms with Crippen molar-refractivity contribution in [1.82, 2.24) is 0 Å². The molecule has 2 aromatic carbocycles. The lowest BCUT2D eigenvalue weighted by Crippen LogP contribution is -1.98. The zero-order valence-corrected chi connectivity index (χ0v) is 13.9. The molecule has 1 nitrogen and oxygen atoms in total. The van der Waals surface area contributed by atoms with Gasteiger partial charge in [-0.05, 0) is 29.8 Å². The number of alkyl halides is 1. The van der Waals surface area contributed by atoms with Crippen molar-refractivity contribution in [2.75, 3.05) is 7.11 Å². The van der Waals surface area contributed by atoms with Crippen LogP contribution < -0.4 is 4.74 Å². The number of ether oxygens (including phenoxy) is 1. The molecule has 0 fully saturated rings. The van der Waals surface area contributed by atoms with E-state index in [2.05, 4.69) is 31.9 Å². The molecular formula is C14H10Br2ClFO.